The molecular weight excluding hydrogens is 457 g/mol. The average molecular weight is 480 g/mol. The van der Waals surface area contributed by atoms with E-state index in [1.807, 2.05) is 0 Å². The summed E-state index contributed by atoms with van der Waals surface area (Å²) in [4.78, 5) is 39.7. The van der Waals surface area contributed by atoms with Gasteiger partial charge in [0.25, 0.3) is 11.8 Å². The van der Waals surface area contributed by atoms with Crippen molar-refractivity contribution in [3.8, 4) is 11.5 Å². The number of likely N-dealkylation sites (N-methyl/N-ethyl adjacent to an activating group) is 1. The largest absolute Gasteiger partial charge is 0.503 e. The van der Waals surface area contributed by atoms with Crippen molar-refractivity contribution >= 4 is 23.4 Å². The Morgan fingerprint density at radius 3 is 2.70 bits per heavy atom. The van der Waals surface area contributed by atoms with E-state index in [-0.39, 0.29) is 46.7 Å². The molecular formula is C22H23ClFN3O6. The molecule has 2 aromatic rings. The molecule has 9 nitrogen and oxygen atoms in total. The zero-order valence-corrected chi connectivity index (χ0v) is 18.8. The molecule has 1 fully saturated rings. The summed E-state index contributed by atoms with van der Waals surface area (Å²) in [6.07, 6.45) is 2.31. The van der Waals surface area contributed by atoms with Gasteiger partial charge in [0, 0.05) is 38.5 Å². The number of aromatic nitrogens is 1. The summed E-state index contributed by atoms with van der Waals surface area (Å²) >= 11 is 5.91. The van der Waals surface area contributed by atoms with Gasteiger partial charge in [0.05, 0.1) is 12.6 Å². The molecule has 0 radical (unpaired) electrons. The van der Waals surface area contributed by atoms with Gasteiger partial charge in [0.15, 0.2) is 17.3 Å². The molecule has 0 unspecified atom stereocenters. The molecule has 2 amide bonds. The Bertz CT molecular complexity index is 1210. The van der Waals surface area contributed by atoms with E-state index in [4.69, 9.17) is 16.3 Å². The van der Waals surface area contributed by atoms with Gasteiger partial charge >= 0.3 is 0 Å². The van der Waals surface area contributed by atoms with E-state index in [0.29, 0.717) is 19.4 Å². The number of halogens is 2. The number of benzene rings is 1. The number of carbonyl (C=O) groups excluding carboxylic acids is 2. The van der Waals surface area contributed by atoms with Gasteiger partial charge < -0.3 is 29.7 Å². The van der Waals surface area contributed by atoms with Gasteiger partial charge in [-0.3, -0.25) is 14.4 Å². The van der Waals surface area contributed by atoms with E-state index in [1.165, 1.54) is 34.9 Å². The molecule has 1 aliphatic carbocycles. The first-order chi connectivity index (χ1) is 15.6. The Labute approximate surface area is 193 Å². The Hall–Kier alpha value is -3.11. The molecule has 4 rings (SSSR count). The van der Waals surface area contributed by atoms with E-state index < -0.39 is 34.3 Å². The van der Waals surface area contributed by atoms with Crippen molar-refractivity contribution in [2.45, 2.75) is 24.9 Å². The molecule has 11 heteroatoms. The number of aromatic hydroxyl groups is 1. The molecule has 3 N–H and O–H groups in total. The monoisotopic (exact) mass is 479 g/mol. The number of nitrogens with zero attached hydrogens (tertiary/aromatic N) is 2. The first kappa shape index (κ1) is 23.1. The number of pyridine rings is 1. The smallest absolute Gasteiger partial charge is 0.274 e. The van der Waals surface area contributed by atoms with Crippen molar-refractivity contribution in [1.82, 2.24) is 14.8 Å². The summed E-state index contributed by atoms with van der Waals surface area (Å²) in [5.74, 6) is -2.80. The fourth-order valence-corrected chi connectivity index (χ4v) is 4.98. The van der Waals surface area contributed by atoms with Crippen LogP contribution in [0.3, 0.4) is 0 Å². The van der Waals surface area contributed by atoms with E-state index in [0.717, 1.165) is 0 Å². The SMILES string of the molecule is COc1ccc(CNC(=O)c2cn3c(c(O)c2=O)C(=O)N(C)C[C@]32C[C@@H](CO)C2)c(F)c1Cl. The highest BCUT2D eigenvalue weighted by Crippen LogP contribution is 2.47. The van der Waals surface area contributed by atoms with Crippen LogP contribution in [0.25, 0.3) is 0 Å². The Kier molecular flexibility index (Phi) is 5.83. The lowest BCUT2D eigenvalue weighted by molar-refractivity contribution is -0.0102. The van der Waals surface area contributed by atoms with E-state index in [1.54, 1.807) is 7.05 Å². The molecule has 0 saturated heterocycles. The molecule has 1 saturated carbocycles. The summed E-state index contributed by atoms with van der Waals surface area (Å²) in [6, 6.07) is 2.84. The number of fused-ring (bicyclic) bond motifs is 2. The summed E-state index contributed by atoms with van der Waals surface area (Å²) in [5, 5.41) is 22.2. The summed E-state index contributed by atoms with van der Waals surface area (Å²) < 4.78 is 20.9. The van der Waals surface area contributed by atoms with Gasteiger partial charge in [0.2, 0.25) is 5.43 Å². The van der Waals surface area contributed by atoms with Gasteiger partial charge in [-0.15, -0.1) is 0 Å². The van der Waals surface area contributed by atoms with Crippen LogP contribution in [-0.4, -0.2) is 58.8 Å². The van der Waals surface area contributed by atoms with Crippen LogP contribution < -0.4 is 15.5 Å². The molecule has 1 spiro atoms. The normalized spacial score (nSPS) is 21.5. The molecule has 33 heavy (non-hydrogen) atoms. The predicted molar refractivity (Wildman–Crippen MR) is 116 cm³/mol. The minimum Gasteiger partial charge on any atom is -0.503 e. The third kappa shape index (κ3) is 3.63. The quantitative estimate of drug-likeness (QED) is 0.597. The van der Waals surface area contributed by atoms with Crippen LogP contribution in [0, 0.1) is 11.7 Å². The first-order valence-corrected chi connectivity index (χ1v) is 10.7. The van der Waals surface area contributed by atoms with Crippen molar-refractivity contribution < 1.29 is 28.9 Å². The molecule has 2 aliphatic rings. The number of ether oxygens (including phenoxy) is 1. The molecule has 1 aliphatic heterocycles. The molecule has 0 bridgehead atoms. The van der Waals surface area contributed by atoms with Crippen LogP contribution in [0.5, 0.6) is 11.5 Å². The van der Waals surface area contributed by atoms with Gasteiger partial charge in [0.1, 0.15) is 16.3 Å². The highest BCUT2D eigenvalue weighted by Gasteiger charge is 2.51. The van der Waals surface area contributed by atoms with Gasteiger partial charge in [-0.25, -0.2) is 4.39 Å². The molecule has 2 heterocycles. The number of aliphatic hydroxyl groups is 1. The van der Waals surface area contributed by atoms with Gasteiger partial charge in [-0.1, -0.05) is 17.7 Å². The fourth-order valence-electron chi connectivity index (χ4n) is 4.72. The lowest BCUT2D eigenvalue weighted by atomic mass is 9.67. The van der Waals surface area contributed by atoms with Crippen molar-refractivity contribution in [3.05, 3.63) is 56.2 Å². The predicted octanol–water partition coefficient (Wildman–Crippen LogP) is 1.47. The zero-order valence-electron chi connectivity index (χ0n) is 18.0. The van der Waals surface area contributed by atoms with Crippen LogP contribution in [0.2, 0.25) is 5.02 Å². The summed E-state index contributed by atoms with van der Waals surface area (Å²) in [5.41, 5.74) is -2.12. The average Bonchev–Trinajstić information content (AvgIpc) is 2.77. The van der Waals surface area contributed by atoms with Crippen LogP contribution in [0.15, 0.2) is 23.1 Å². The van der Waals surface area contributed by atoms with Crippen molar-refractivity contribution in [1.29, 1.82) is 0 Å². The van der Waals surface area contributed by atoms with Crippen LogP contribution in [0.4, 0.5) is 4.39 Å². The Morgan fingerprint density at radius 2 is 2.06 bits per heavy atom. The number of carbonyl (C=O) groups is 2. The second-order valence-electron chi connectivity index (χ2n) is 8.52. The van der Waals surface area contributed by atoms with Crippen molar-refractivity contribution in [2.24, 2.45) is 5.92 Å². The number of amides is 2. The highest BCUT2D eigenvalue weighted by atomic mass is 35.5. The molecule has 0 atom stereocenters. The van der Waals surface area contributed by atoms with Crippen molar-refractivity contribution in [2.75, 3.05) is 27.3 Å². The highest BCUT2D eigenvalue weighted by molar-refractivity contribution is 6.32. The Morgan fingerprint density at radius 1 is 1.36 bits per heavy atom. The summed E-state index contributed by atoms with van der Waals surface area (Å²) in [7, 11) is 2.91. The van der Waals surface area contributed by atoms with Gasteiger partial charge in [-0.05, 0) is 24.8 Å². The molecule has 1 aromatic heterocycles. The maximum Gasteiger partial charge on any atom is 0.274 e. The number of nitrogens with one attached hydrogen (secondary N) is 1. The van der Waals surface area contributed by atoms with Gasteiger partial charge in [-0.2, -0.15) is 0 Å². The van der Waals surface area contributed by atoms with Crippen LogP contribution >= 0.6 is 11.6 Å². The number of hydrogen-bond donors (Lipinski definition) is 3. The second kappa shape index (κ2) is 8.35. The number of rotatable bonds is 5. The third-order valence-corrected chi connectivity index (χ3v) is 6.75. The van der Waals surface area contributed by atoms with Crippen LogP contribution in [0.1, 0.15) is 39.3 Å². The standard InChI is InChI=1S/C22H23ClFN3O6/c1-26-10-22(5-11(6-22)9-28)27-8-13(18(29)19(30)17(27)21(26)32)20(31)25-7-12-3-4-14(33-2)15(23)16(12)24/h3-4,8,11,28,30H,5-7,9-10H2,1-2H3,(H,25,31)/t11-,22-. The Balaban J connectivity index is 1.67. The zero-order chi connectivity index (χ0) is 24.1. The minimum atomic E-state index is -0.996. The number of methoxy groups -OCH3 is 1. The van der Waals surface area contributed by atoms with E-state index >= 15 is 0 Å². The fraction of sp³-hybridized carbons (Fsp3) is 0.409. The van der Waals surface area contributed by atoms with Crippen LogP contribution in [-0.2, 0) is 12.1 Å². The summed E-state index contributed by atoms with van der Waals surface area (Å²) in [6.45, 7) is 0.0221. The lowest BCUT2D eigenvalue weighted by Gasteiger charge is -2.53. The molecule has 176 valence electrons. The number of aliphatic hydroxyl groups excluding tert-OH is 1. The number of hydrogen-bond acceptors (Lipinski definition) is 6. The minimum absolute atomic E-state index is 0.0149. The van der Waals surface area contributed by atoms with Crippen molar-refractivity contribution in [3.63, 3.8) is 0 Å². The van der Waals surface area contributed by atoms with E-state index in [2.05, 4.69) is 5.32 Å². The maximum absolute atomic E-state index is 14.4. The second-order valence-corrected chi connectivity index (χ2v) is 8.90. The topological polar surface area (TPSA) is 121 Å². The lowest BCUT2D eigenvalue weighted by Crippen LogP contribution is -2.60. The maximum atomic E-state index is 14.4. The van der Waals surface area contributed by atoms with E-state index in [9.17, 15) is 29.0 Å². The molecule has 1 aromatic carbocycles. The third-order valence-electron chi connectivity index (χ3n) is 6.40. The first-order valence-electron chi connectivity index (χ1n) is 10.3.